The molecule has 0 aliphatic heterocycles. The summed E-state index contributed by atoms with van der Waals surface area (Å²) in [4.78, 5) is 9.09. The Hall–Kier alpha value is -1.66. The van der Waals surface area contributed by atoms with Crippen LogP contribution in [-0.2, 0) is 13.5 Å². The van der Waals surface area contributed by atoms with Gasteiger partial charge in [-0.25, -0.2) is 9.97 Å². The SMILES string of the molecule is Cn1ncc(-c2nc(N[C@H]3CC[C@H](N)CC3)ncc2Cl)c1CC1CC1. The zero-order valence-electron chi connectivity index (χ0n) is 14.6. The lowest BCUT2D eigenvalue weighted by atomic mass is 9.92. The first-order valence-corrected chi connectivity index (χ1v) is 9.54. The Kier molecular flexibility index (Phi) is 4.65. The smallest absolute Gasteiger partial charge is 0.223 e. The van der Waals surface area contributed by atoms with Gasteiger partial charge in [0.2, 0.25) is 5.95 Å². The number of hydrogen-bond donors (Lipinski definition) is 2. The van der Waals surface area contributed by atoms with Crippen LogP contribution in [0.25, 0.3) is 11.3 Å². The van der Waals surface area contributed by atoms with Crippen molar-refractivity contribution in [3.8, 4) is 11.3 Å². The molecule has 0 saturated heterocycles. The highest BCUT2D eigenvalue weighted by molar-refractivity contribution is 6.32. The van der Waals surface area contributed by atoms with Crippen LogP contribution in [0.3, 0.4) is 0 Å². The van der Waals surface area contributed by atoms with Crippen molar-refractivity contribution in [2.45, 2.75) is 57.0 Å². The van der Waals surface area contributed by atoms with Gasteiger partial charge in [-0.05, 0) is 50.9 Å². The zero-order valence-corrected chi connectivity index (χ0v) is 15.3. The molecule has 0 spiro atoms. The van der Waals surface area contributed by atoms with Crippen molar-refractivity contribution in [1.82, 2.24) is 19.7 Å². The van der Waals surface area contributed by atoms with Crippen molar-refractivity contribution in [2.75, 3.05) is 5.32 Å². The Bertz CT molecular complexity index is 746. The molecule has 0 unspecified atom stereocenters. The number of aryl methyl sites for hydroxylation is 1. The Morgan fingerprint density at radius 1 is 1.20 bits per heavy atom. The standard InChI is InChI=1S/C18H25ClN6/c1-25-16(8-11-2-3-11)14(9-22-25)17-15(19)10-21-18(24-17)23-13-6-4-12(20)5-7-13/h9-13H,2-8,20H2,1H3,(H,21,23,24)/t12-,13-. The predicted octanol–water partition coefficient (Wildman–Crippen LogP) is 3.16. The van der Waals surface area contributed by atoms with Crippen LogP contribution in [-0.4, -0.2) is 31.8 Å². The van der Waals surface area contributed by atoms with Gasteiger partial charge < -0.3 is 11.1 Å². The molecule has 0 radical (unpaired) electrons. The Balaban J connectivity index is 1.57. The molecule has 134 valence electrons. The van der Waals surface area contributed by atoms with Crippen molar-refractivity contribution in [1.29, 1.82) is 0 Å². The summed E-state index contributed by atoms with van der Waals surface area (Å²) in [7, 11) is 1.99. The maximum absolute atomic E-state index is 6.42. The summed E-state index contributed by atoms with van der Waals surface area (Å²) in [6.45, 7) is 0. The third kappa shape index (κ3) is 3.80. The molecular weight excluding hydrogens is 336 g/mol. The van der Waals surface area contributed by atoms with Crippen molar-refractivity contribution in [3.63, 3.8) is 0 Å². The Morgan fingerprint density at radius 2 is 1.96 bits per heavy atom. The highest BCUT2D eigenvalue weighted by Crippen LogP contribution is 2.37. The number of anilines is 1. The van der Waals surface area contributed by atoms with Gasteiger partial charge in [0, 0.05) is 30.4 Å². The van der Waals surface area contributed by atoms with Gasteiger partial charge in [-0.1, -0.05) is 11.6 Å². The van der Waals surface area contributed by atoms with Gasteiger partial charge >= 0.3 is 0 Å². The maximum atomic E-state index is 6.42. The lowest BCUT2D eigenvalue weighted by Crippen LogP contribution is -2.33. The minimum absolute atomic E-state index is 0.333. The number of aromatic nitrogens is 4. The van der Waals surface area contributed by atoms with Gasteiger partial charge in [-0.15, -0.1) is 0 Å². The molecule has 7 heteroatoms. The van der Waals surface area contributed by atoms with E-state index in [1.54, 1.807) is 6.20 Å². The minimum Gasteiger partial charge on any atom is -0.351 e. The summed E-state index contributed by atoms with van der Waals surface area (Å²) < 4.78 is 1.95. The normalized spacial score (nSPS) is 23.6. The lowest BCUT2D eigenvalue weighted by molar-refractivity contribution is 0.410. The van der Waals surface area contributed by atoms with Crippen LogP contribution in [0, 0.1) is 5.92 Å². The second-order valence-corrected chi connectivity index (χ2v) is 7.83. The molecule has 0 aromatic carbocycles. The van der Waals surface area contributed by atoms with Crippen LogP contribution in [0.4, 0.5) is 5.95 Å². The van der Waals surface area contributed by atoms with Crippen LogP contribution < -0.4 is 11.1 Å². The van der Waals surface area contributed by atoms with Crippen molar-refractivity contribution in [3.05, 3.63) is 23.1 Å². The molecule has 2 aromatic rings. The molecular formula is C18H25ClN6. The van der Waals surface area contributed by atoms with E-state index in [9.17, 15) is 0 Å². The summed E-state index contributed by atoms with van der Waals surface area (Å²) in [6.07, 6.45) is 11.4. The summed E-state index contributed by atoms with van der Waals surface area (Å²) in [5.41, 5.74) is 8.99. The average Bonchev–Trinajstić information content (AvgIpc) is 3.35. The molecule has 3 N–H and O–H groups in total. The molecule has 0 atom stereocenters. The van der Waals surface area contributed by atoms with E-state index in [4.69, 9.17) is 22.3 Å². The first kappa shape index (κ1) is 16.8. The number of nitrogens with one attached hydrogen (secondary N) is 1. The van der Waals surface area contributed by atoms with Crippen LogP contribution in [0.15, 0.2) is 12.4 Å². The second kappa shape index (κ2) is 6.92. The third-order valence-electron chi connectivity index (χ3n) is 5.34. The predicted molar refractivity (Wildman–Crippen MR) is 99.5 cm³/mol. The summed E-state index contributed by atoms with van der Waals surface area (Å²) in [5, 5.41) is 8.46. The fraction of sp³-hybridized carbons (Fsp3) is 0.611. The van der Waals surface area contributed by atoms with Gasteiger partial charge in [-0.2, -0.15) is 5.10 Å². The molecule has 25 heavy (non-hydrogen) atoms. The van der Waals surface area contributed by atoms with Gasteiger partial charge in [0.15, 0.2) is 0 Å². The fourth-order valence-electron chi connectivity index (χ4n) is 3.57. The van der Waals surface area contributed by atoms with E-state index in [1.165, 1.54) is 18.5 Å². The van der Waals surface area contributed by atoms with Crippen LogP contribution in [0.2, 0.25) is 5.02 Å². The first-order chi connectivity index (χ1) is 12.1. The second-order valence-electron chi connectivity index (χ2n) is 7.42. The summed E-state index contributed by atoms with van der Waals surface area (Å²) >= 11 is 6.42. The van der Waals surface area contributed by atoms with Crippen molar-refractivity contribution >= 4 is 17.5 Å². The highest BCUT2D eigenvalue weighted by atomic mass is 35.5. The van der Waals surface area contributed by atoms with E-state index >= 15 is 0 Å². The maximum Gasteiger partial charge on any atom is 0.223 e. The van der Waals surface area contributed by atoms with E-state index in [2.05, 4.69) is 15.4 Å². The van der Waals surface area contributed by atoms with Gasteiger partial charge in [-0.3, -0.25) is 4.68 Å². The molecule has 6 nitrogen and oxygen atoms in total. The molecule has 4 rings (SSSR count). The van der Waals surface area contributed by atoms with Crippen LogP contribution >= 0.6 is 11.6 Å². The van der Waals surface area contributed by atoms with Crippen molar-refractivity contribution in [2.24, 2.45) is 18.7 Å². The number of halogens is 1. The molecule has 2 fully saturated rings. The Labute approximate surface area is 153 Å². The molecule has 0 amide bonds. The quantitative estimate of drug-likeness (QED) is 0.855. The van der Waals surface area contributed by atoms with E-state index in [0.29, 0.717) is 23.1 Å². The fourth-order valence-corrected chi connectivity index (χ4v) is 3.76. The topological polar surface area (TPSA) is 81.7 Å². The summed E-state index contributed by atoms with van der Waals surface area (Å²) in [6, 6.07) is 0.716. The van der Waals surface area contributed by atoms with E-state index in [1.807, 2.05) is 17.9 Å². The first-order valence-electron chi connectivity index (χ1n) is 9.16. The molecule has 2 aliphatic rings. The zero-order chi connectivity index (χ0) is 17.4. The van der Waals surface area contributed by atoms with E-state index in [0.717, 1.165) is 49.3 Å². The van der Waals surface area contributed by atoms with Crippen LogP contribution in [0.5, 0.6) is 0 Å². The number of rotatable bonds is 5. The molecule has 0 bridgehead atoms. The van der Waals surface area contributed by atoms with Gasteiger partial charge in [0.25, 0.3) is 0 Å². The molecule has 2 aromatic heterocycles. The molecule has 2 aliphatic carbocycles. The number of hydrogen-bond acceptors (Lipinski definition) is 5. The van der Waals surface area contributed by atoms with Gasteiger partial charge in [0.1, 0.15) is 0 Å². The lowest BCUT2D eigenvalue weighted by Gasteiger charge is -2.26. The minimum atomic E-state index is 0.333. The van der Waals surface area contributed by atoms with Crippen molar-refractivity contribution < 1.29 is 0 Å². The largest absolute Gasteiger partial charge is 0.351 e. The van der Waals surface area contributed by atoms with E-state index < -0.39 is 0 Å². The third-order valence-corrected chi connectivity index (χ3v) is 5.62. The molecule has 2 saturated carbocycles. The van der Waals surface area contributed by atoms with E-state index in [-0.39, 0.29) is 0 Å². The number of nitrogens with two attached hydrogens (primary N) is 1. The summed E-state index contributed by atoms with van der Waals surface area (Å²) in [5.74, 6) is 1.42. The average molecular weight is 361 g/mol. The molecule has 2 heterocycles. The number of nitrogens with zero attached hydrogens (tertiary/aromatic N) is 4. The highest BCUT2D eigenvalue weighted by Gasteiger charge is 2.26. The monoisotopic (exact) mass is 360 g/mol. The van der Waals surface area contributed by atoms with Gasteiger partial charge in [0.05, 0.1) is 23.1 Å². The van der Waals surface area contributed by atoms with Crippen LogP contribution in [0.1, 0.15) is 44.2 Å². The Morgan fingerprint density at radius 3 is 2.68 bits per heavy atom.